The molecule has 2 aromatic heterocycles. The fourth-order valence-corrected chi connectivity index (χ4v) is 3.34. The van der Waals surface area contributed by atoms with Crippen LogP contribution in [0.4, 0.5) is 5.82 Å². The van der Waals surface area contributed by atoms with Gasteiger partial charge < -0.3 is 25.4 Å². The minimum absolute atomic E-state index is 0.162. The summed E-state index contributed by atoms with van der Waals surface area (Å²) in [6.45, 7) is 3.56. The third-order valence-corrected chi connectivity index (χ3v) is 4.57. The highest BCUT2D eigenvalue weighted by Crippen LogP contribution is 2.52. The van der Waals surface area contributed by atoms with E-state index in [1.807, 2.05) is 13.8 Å². The van der Waals surface area contributed by atoms with Crippen molar-refractivity contribution in [3.8, 4) is 0 Å². The summed E-state index contributed by atoms with van der Waals surface area (Å²) in [5.41, 5.74) is -2.00. The summed E-state index contributed by atoms with van der Waals surface area (Å²) < 4.78 is 7.36. The number of aromatic nitrogens is 4. The molecule has 1 fully saturated rings. The molecule has 1 aliphatic carbocycles. The third-order valence-electron chi connectivity index (χ3n) is 4.57. The number of aliphatic hydroxyl groups is 3. The quantitative estimate of drug-likeness (QED) is 0.544. The SMILES string of the molecule is CC(C)Nc1ncnc2c1ncn2[C@@]12C=C[C@@]1(O)[C@H](O)[C@@H](CO)O2. The van der Waals surface area contributed by atoms with Crippen molar-refractivity contribution in [1.82, 2.24) is 19.5 Å². The number of anilines is 1. The van der Waals surface area contributed by atoms with Crippen molar-refractivity contribution in [3.05, 3.63) is 24.8 Å². The standard InChI is InChI=1S/C15H19N5O4/c1-8(2)19-12-10-13(17-6-16-12)20(7-18-10)15-4-3-14(15,23)11(22)9(5-21)24-15/h3-4,6-9,11,21-23H,5H2,1-2H3,(H,16,17,19)/t9-,11-,14-,15-/m1/s1. The topological polar surface area (TPSA) is 126 Å². The van der Waals surface area contributed by atoms with Gasteiger partial charge in [0.15, 0.2) is 22.6 Å². The number of aliphatic hydroxyl groups excluding tert-OH is 2. The number of fused-ring (bicyclic) bond motifs is 2. The third kappa shape index (κ3) is 1.75. The summed E-state index contributed by atoms with van der Waals surface area (Å²) in [4.78, 5) is 12.8. The number of hydrogen-bond donors (Lipinski definition) is 4. The van der Waals surface area contributed by atoms with E-state index in [0.29, 0.717) is 17.0 Å². The van der Waals surface area contributed by atoms with Crippen molar-refractivity contribution in [2.24, 2.45) is 0 Å². The molecule has 2 aliphatic rings. The number of hydrogen-bond acceptors (Lipinski definition) is 8. The Morgan fingerprint density at radius 3 is 2.75 bits per heavy atom. The number of nitrogens with zero attached hydrogens (tertiary/aromatic N) is 4. The Morgan fingerprint density at radius 1 is 1.33 bits per heavy atom. The molecule has 128 valence electrons. The molecule has 1 aliphatic heterocycles. The molecular weight excluding hydrogens is 314 g/mol. The molecule has 9 nitrogen and oxygen atoms in total. The van der Waals surface area contributed by atoms with E-state index in [4.69, 9.17) is 4.74 Å². The first-order chi connectivity index (χ1) is 11.4. The molecule has 0 unspecified atom stereocenters. The van der Waals surface area contributed by atoms with Crippen LogP contribution in [0.1, 0.15) is 13.8 Å². The molecule has 0 aromatic carbocycles. The summed E-state index contributed by atoms with van der Waals surface area (Å²) in [5.74, 6) is 0.578. The van der Waals surface area contributed by atoms with E-state index in [-0.39, 0.29) is 6.04 Å². The molecule has 4 rings (SSSR count). The fourth-order valence-electron chi connectivity index (χ4n) is 3.34. The summed E-state index contributed by atoms with van der Waals surface area (Å²) in [5, 5.41) is 33.7. The van der Waals surface area contributed by atoms with Crippen LogP contribution in [0.2, 0.25) is 0 Å². The average molecular weight is 333 g/mol. The molecule has 24 heavy (non-hydrogen) atoms. The van der Waals surface area contributed by atoms with E-state index in [9.17, 15) is 15.3 Å². The van der Waals surface area contributed by atoms with Crippen molar-refractivity contribution in [1.29, 1.82) is 0 Å². The number of rotatable bonds is 4. The first-order valence-corrected chi connectivity index (χ1v) is 7.77. The van der Waals surface area contributed by atoms with Gasteiger partial charge in [0.25, 0.3) is 0 Å². The molecule has 0 amide bonds. The van der Waals surface area contributed by atoms with Crippen LogP contribution in [0.5, 0.6) is 0 Å². The van der Waals surface area contributed by atoms with Crippen molar-refractivity contribution >= 4 is 17.0 Å². The maximum Gasteiger partial charge on any atom is 0.202 e. The van der Waals surface area contributed by atoms with Gasteiger partial charge in [-0.05, 0) is 26.0 Å². The van der Waals surface area contributed by atoms with Crippen LogP contribution in [0.3, 0.4) is 0 Å². The van der Waals surface area contributed by atoms with Gasteiger partial charge in [0, 0.05) is 6.04 Å². The number of imidazole rings is 1. The van der Waals surface area contributed by atoms with E-state index in [1.165, 1.54) is 18.7 Å². The van der Waals surface area contributed by atoms with Crippen LogP contribution in [0.15, 0.2) is 24.8 Å². The number of nitrogens with one attached hydrogen (secondary N) is 1. The lowest BCUT2D eigenvalue weighted by atomic mass is 9.76. The van der Waals surface area contributed by atoms with Gasteiger partial charge in [-0.1, -0.05) is 0 Å². The second-order valence-corrected chi connectivity index (χ2v) is 6.45. The Bertz CT molecular complexity index is 821. The van der Waals surface area contributed by atoms with Crippen LogP contribution in [-0.2, 0) is 10.5 Å². The van der Waals surface area contributed by atoms with E-state index in [0.717, 1.165) is 0 Å². The molecule has 9 heteroatoms. The molecule has 1 saturated heterocycles. The van der Waals surface area contributed by atoms with E-state index < -0.39 is 30.1 Å². The minimum atomic E-state index is -1.65. The lowest BCUT2D eigenvalue weighted by molar-refractivity contribution is -0.159. The highest BCUT2D eigenvalue weighted by atomic mass is 16.6. The van der Waals surface area contributed by atoms with E-state index in [2.05, 4.69) is 20.3 Å². The first kappa shape index (κ1) is 15.5. The van der Waals surface area contributed by atoms with Gasteiger partial charge in [-0.25, -0.2) is 15.0 Å². The van der Waals surface area contributed by atoms with Gasteiger partial charge in [-0.2, -0.15) is 0 Å². The molecule has 0 spiro atoms. The van der Waals surface area contributed by atoms with Gasteiger partial charge in [0.05, 0.1) is 12.9 Å². The minimum Gasteiger partial charge on any atom is -0.394 e. The van der Waals surface area contributed by atoms with Gasteiger partial charge >= 0.3 is 0 Å². The smallest absolute Gasteiger partial charge is 0.202 e. The Balaban J connectivity index is 1.85. The zero-order chi connectivity index (χ0) is 17.1. The Labute approximate surface area is 137 Å². The van der Waals surface area contributed by atoms with Crippen molar-refractivity contribution in [3.63, 3.8) is 0 Å². The Morgan fingerprint density at radius 2 is 2.12 bits per heavy atom. The Kier molecular flexibility index (Phi) is 3.20. The van der Waals surface area contributed by atoms with Gasteiger partial charge in [-0.15, -0.1) is 0 Å². The van der Waals surface area contributed by atoms with Crippen molar-refractivity contribution < 1.29 is 20.1 Å². The molecule has 0 bridgehead atoms. The molecule has 2 aromatic rings. The second kappa shape index (κ2) is 4.96. The maximum atomic E-state index is 10.8. The molecule has 0 saturated carbocycles. The number of ether oxygens (including phenoxy) is 1. The van der Waals surface area contributed by atoms with E-state index >= 15 is 0 Å². The molecule has 3 heterocycles. The van der Waals surface area contributed by atoms with Gasteiger partial charge in [0.2, 0.25) is 5.72 Å². The van der Waals surface area contributed by atoms with Crippen LogP contribution in [0, 0.1) is 0 Å². The predicted molar refractivity (Wildman–Crippen MR) is 84.1 cm³/mol. The van der Waals surface area contributed by atoms with Crippen molar-refractivity contribution in [2.45, 2.75) is 43.4 Å². The summed E-state index contributed by atoms with van der Waals surface area (Å²) in [6, 6.07) is 0.162. The van der Waals surface area contributed by atoms with Crippen LogP contribution in [0.25, 0.3) is 11.2 Å². The summed E-state index contributed by atoms with van der Waals surface area (Å²) in [6.07, 6.45) is 3.83. The zero-order valence-corrected chi connectivity index (χ0v) is 13.3. The summed E-state index contributed by atoms with van der Waals surface area (Å²) >= 11 is 0. The predicted octanol–water partition coefficient (Wildman–Crippen LogP) is -0.648. The lowest BCUT2D eigenvalue weighted by Gasteiger charge is -2.45. The molecule has 4 N–H and O–H groups in total. The lowest BCUT2D eigenvalue weighted by Crippen LogP contribution is -2.60. The maximum absolute atomic E-state index is 10.8. The zero-order valence-electron chi connectivity index (χ0n) is 13.3. The monoisotopic (exact) mass is 333 g/mol. The highest BCUT2D eigenvalue weighted by Gasteiger charge is 2.69. The van der Waals surface area contributed by atoms with Crippen LogP contribution >= 0.6 is 0 Å². The highest BCUT2D eigenvalue weighted by molar-refractivity contribution is 5.83. The van der Waals surface area contributed by atoms with Crippen LogP contribution < -0.4 is 5.32 Å². The first-order valence-electron chi connectivity index (χ1n) is 7.77. The summed E-state index contributed by atoms with van der Waals surface area (Å²) in [7, 11) is 0. The van der Waals surface area contributed by atoms with Crippen molar-refractivity contribution in [2.75, 3.05) is 11.9 Å². The average Bonchev–Trinajstić information content (AvgIpc) is 3.03. The fraction of sp³-hybridized carbons (Fsp3) is 0.533. The van der Waals surface area contributed by atoms with Crippen LogP contribution in [-0.4, -0.2) is 65.3 Å². The normalized spacial score (nSPS) is 34.6. The largest absolute Gasteiger partial charge is 0.394 e. The Hall–Kier alpha value is -2.07. The molecular formula is C15H19N5O4. The molecule has 4 atom stereocenters. The van der Waals surface area contributed by atoms with Gasteiger partial charge in [-0.3, -0.25) is 4.57 Å². The van der Waals surface area contributed by atoms with Gasteiger partial charge in [0.1, 0.15) is 18.5 Å². The van der Waals surface area contributed by atoms with E-state index in [1.54, 1.807) is 10.6 Å². The molecule has 0 radical (unpaired) electrons. The second-order valence-electron chi connectivity index (χ2n) is 6.45.